The summed E-state index contributed by atoms with van der Waals surface area (Å²) in [4.78, 5) is 24.6. The molecule has 0 saturated heterocycles. The summed E-state index contributed by atoms with van der Waals surface area (Å²) in [5.41, 5.74) is 3.47. The largest absolute Gasteiger partial charge is 0.298 e. The SMILES string of the molecule is [C-]#[N+]c1ccc(-c2ccc(F)c(-c3csc(NC(=O)c4cccnc4SC)n3)c2)cc1. The molecule has 0 aliphatic rings. The Bertz CT molecular complexity index is 1300. The van der Waals surface area contributed by atoms with Crippen LogP contribution in [0.1, 0.15) is 10.4 Å². The fourth-order valence-electron chi connectivity index (χ4n) is 2.98. The van der Waals surface area contributed by atoms with E-state index < -0.39 is 5.82 Å². The van der Waals surface area contributed by atoms with Gasteiger partial charge in [0.15, 0.2) is 10.8 Å². The number of amides is 1. The monoisotopic (exact) mass is 446 g/mol. The fraction of sp³-hybridized carbons (Fsp3) is 0.0435. The van der Waals surface area contributed by atoms with Crippen LogP contribution in [-0.2, 0) is 0 Å². The average molecular weight is 447 g/mol. The number of hydrogen-bond donors (Lipinski definition) is 1. The Morgan fingerprint density at radius 2 is 1.94 bits per heavy atom. The maximum Gasteiger partial charge on any atom is 0.260 e. The first-order valence-electron chi connectivity index (χ1n) is 9.12. The van der Waals surface area contributed by atoms with Gasteiger partial charge in [-0.2, -0.15) is 0 Å². The molecule has 1 amide bonds. The third kappa shape index (κ3) is 4.48. The number of nitrogens with one attached hydrogen (secondary N) is 1. The van der Waals surface area contributed by atoms with Crippen molar-refractivity contribution in [1.29, 1.82) is 0 Å². The molecular formula is C23H15FN4OS2. The van der Waals surface area contributed by atoms with Gasteiger partial charge in [0.2, 0.25) is 0 Å². The zero-order valence-electron chi connectivity index (χ0n) is 16.3. The van der Waals surface area contributed by atoms with Crippen molar-refractivity contribution in [2.24, 2.45) is 0 Å². The second kappa shape index (κ2) is 9.08. The highest BCUT2D eigenvalue weighted by molar-refractivity contribution is 7.98. The molecule has 8 heteroatoms. The molecule has 31 heavy (non-hydrogen) atoms. The second-order valence-electron chi connectivity index (χ2n) is 6.41. The Kier molecular flexibility index (Phi) is 6.07. The summed E-state index contributed by atoms with van der Waals surface area (Å²) in [5.74, 6) is -0.714. The van der Waals surface area contributed by atoms with Crippen LogP contribution >= 0.6 is 23.1 Å². The van der Waals surface area contributed by atoms with E-state index in [-0.39, 0.29) is 5.91 Å². The highest BCUT2D eigenvalue weighted by Crippen LogP contribution is 2.32. The molecule has 1 N–H and O–H groups in total. The van der Waals surface area contributed by atoms with E-state index in [1.54, 1.807) is 48.0 Å². The van der Waals surface area contributed by atoms with Crippen molar-refractivity contribution in [1.82, 2.24) is 9.97 Å². The minimum atomic E-state index is -0.401. The minimum absolute atomic E-state index is 0.313. The Balaban J connectivity index is 1.60. The Morgan fingerprint density at radius 3 is 2.68 bits per heavy atom. The van der Waals surface area contributed by atoms with Gasteiger partial charge in [0.25, 0.3) is 5.91 Å². The van der Waals surface area contributed by atoms with Gasteiger partial charge in [-0.15, -0.1) is 23.1 Å². The first-order valence-corrected chi connectivity index (χ1v) is 11.2. The molecule has 0 spiro atoms. The quantitative estimate of drug-likeness (QED) is 0.279. The summed E-state index contributed by atoms with van der Waals surface area (Å²) < 4.78 is 14.6. The summed E-state index contributed by atoms with van der Waals surface area (Å²) in [6, 6.07) is 15.3. The third-order valence-electron chi connectivity index (χ3n) is 4.51. The summed E-state index contributed by atoms with van der Waals surface area (Å²) in [7, 11) is 0. The van der Waals surface area contributed by atoms with Crippen LogP contribution < -0.4 is 5.32 Å². The van der Waals surface area contributed by atoms with Gasteiger partial charge >= 0.3 is 0 Å². The molecule has 2 heterocycles. The van der Waals surface area contributed by atoms with E-state index in [1.165, 1.54) is 29.2 Å². The molecule has 0 radical (unpaired) electrons. The molecule has 0 unspecified atom stereocenters. The van der Waals surface area contributed by atoms with Crippen molar-refractivity contribution in [3.8, 4) is 22.4 Å². The van der Waals surface area contributed by atoms with Gasteiger partial charge in [0.1, 0.15) is 10.8 Å². The summed E-state index contributed by atoms with van der Waals surface area (Å²) in [5, 5.41) is 5.47. The Morgan fingerprint density at radius 1 is 1.16 bits per heavy atom. The topological polar surface area (TPSA) is 59.2 Å². The van der Waals surface area contributed by atoms with E-state index >= 15 is 0 Å². The number of aromatic nitrogens is 2. The summed E-state index contributed by atoms with van der Waals surface area (Å²) >= 11 is 2.61. The maximum atomic E-state index is 14.6. The van der Waals surface area contributed by atoms with E-state index in [2.05, 4.69) is 20.1 Å². The van der Waals surface area contributed by atoms with Gasteiger partial charge in [0, 0.05) is 17.1 Å². The van der Waals surface area contributed by atoms with Crippen LogP contribution in [0.5, 0.6) is 0 Å². The lowest BCUT2D eigenvalue weighted by atomic mass is 10.0. The highest BCUT2D eigenvalue weighted by Gasteiger charge is 2.16. The number of nitrogens with zero attached hydrogens (tertiary/aromatic N) is 3. The number of pyridine rings is 1. The van der Waals surface area contributed by atoms with Crippen molar-refractivity contribution >= 4 is 39.8 Å². The number of benzene rings is 2. The molecule has 5 nitrogen and oxygen atoms in total. The molecule has 2 aromatic carbocycles. The van der Waals surface area contributed by atoms with Crippen LogP contribution in [0.3, 0.4) is 0 Å². The van der Waals surface area contributed by atoms with Crippen molar-refractivity contribution in [3.05, 3.63) is 89.0 Å². The van der Waals surface area contributed by atoms with E-state index in [9.17, 15) is 9.18 Å². The number of thiazole rings is 1. The van der Waals surface area contributed by atoms with Gasteiger partial charge in [-0.3, -0.25) is 10.1 Å². The molecule has 0 bridgehead atoms. The summed E-state index contributed by atoms with van der Waals surface area (Å²) in [6.45, 7) is 7.06. The number of rotatable bonds is 5. The highest BCUT2D eigenvalue weighted by atomic mass is 32.2. The van der Waals surface area contributed by atoms with Gasteiger partial charge in [-0.25, -0.2) is 19.2 Å². The van der Waals surface area contributed by atoms with Gasteiger partial charge in [-0.05, 0) is 41.6 Å². The van der Waals surface area contributed by atoms with Crippen molar-refractivity contribution in [3.63, 3.8) is 0 Å². The fourth-order valence-corrected chi connectivity index (χ4v) is 4.23. The first-order chi connectivity index (χ1) is 15.1. The molecular weight excluding hydrogens is 431 g/mol. The predicted octanol–water partition coefficient (Wildman–Crippen LogP) is 6.54. The molecule has 152 valence electrons. The Labute approximate surface area is 186 Å². The zero-order chi connectivity index (χ0) is 21.8. The average Bonchev–Trinajstić information content (AvgIpc) is 3.27. The third-order valence-corrected chi connectivity index (χ3v) is 5.98. The standard InChI is InChI=1S/C23H15FN4OS2/c1-25-16-8-5-14(6-9-16)15-7-10-19(24)18(12-15)20-13-31-23(27-20)28-21(29)17-4-3-11-26-22(17)30-2/h3-13H,2H3,(H,27,28,29). The van der Waals surface area contributed by atoms with Crippen LogP contribution in [0.25, 0.3) is 27.2 Å². The number of halogens is 1. The van der Waals surface area contributed by atoms with Gasteiger partial charge < -0.3 is 0 Å². The van der Waals surface area contributed by atoms with E-state index in [0.29, 0.717) is 32.7 Å². The number of carbonyl (C=O) groups excluding carboxylic acids is 1. The Hall–Kier alpha value is -3.54. The summed E-state index contributed by atoms with van der Waals surface area (Å²) in [6.07, 6.45) is 3.49. The maximum absolute atomic E-state index is 14.6. The smallest absolute Gasteiger partial charge is 0.260 e. The van der Waals surface area contributed by atoms with Crippen LogP contribution in [0.4, 0.5) is 15.2 Å². The van der Waals surface area contributed by atoms with Crippen LogP contribution in [0.2, 0.25) is 0 Å². The van der Waals surface area contributed by atoms with Crippen LogP contribution in [0.15, 0.2) is 71.2 Å². The number of carbonyl (C=O) groups is 1. The normalized spacial score (nSPS) is 10.5. The van der Waals surface area contributed by atoms with E-state index in [0.717, 1.165) is 11.1 Å². The molecule has 4 aromatic rings. The van der Waals surface area contributed by atoms with E-state index in [4.69, 9.17) is 6.57 Å². The lowest BCUT2D eigenvalue weighted by Gasteiger charge is -2.06. The number of hydrogen-bond acceptors (Lipinski definition) is 5. The molecule has 4 rings (SSSR count). The molecule has 0 aliphatic heterocycles. The van der Waals surface area contributed by atoms with Crippen molar-refractivity contribution < 1.29 is 9.18 Å². The predicted molar refractivity (Wildman–Crippen MR) is 123 cm³/mol. The first kappa shape index (κ1) is 20.7. The lowest BCUT2D eigenvalue weighted by Crippen LogP contribution is -2.13. The number of thioether (sulfide) groups is 1. The van der Waals surface area contributed by atoms with E-state index in [1.807, 2.05) is 18.4 Å². The lowest BCUT2D eigenvalue weighted by molar-refractivity contribution is 0.102. The van der Waals surface area contributed by atoms with Crippen LogP contribution in [0, 0.1) is 12.4 Å². The zero-order valence-corrected chi connectivity index (χ0v) is 17.9. The molecule has 0 fully saturated rings. The molecule has 2 aromatic heterocycles. The molecule has 0 saturated carbocycles. The van der Waals surface area contributed by atoms with Gasteiger partial charge in [-0.1, -0.05) is 30.3 Å². The van der Waals surface area contributed by atoms with Crippen LogP contribution in [-0.4, -0.2) is 22.1 Å². The number of anilines is 1. The molecule has 0 atom stereocenters. The second-order valence-corrected chi connectivity index (χ2v) is 8.06. The van der Waals surface area contributed by atoms with Crippen molar-refractivity contribution in [2.75, 3.05) is 11.6 Å². The minimum Gasteiger partial charge on any atom is -0.298 e. The van der Waals surface area contributed by atoms with Crippen molar-refractivity contribution in [2.45, 2.75) is 5.03 Å². The van der Waals surface area contributed by atoms with Gasteiger partial charge in [0.05, 0.1) is 17.8 Å². The molecule has 0 aliphatic carbocycles.